The van der Waals surface area contributed by atoms with Gasteiger partial charge in [0.25, 0.3) is 0 Å². The van der Waals surface area contributed by atoms with Crippen molar-refractivity contribution in [3.05, 3.63) is 54.0 Å². The number of carbonyl (C=O) groups is 1. The third-order valence-electron chi connectivity index (χ3n) is 4.39. The van der Waals surface area contributed by atoms with E-state index >= 15 is 0 Å². The van der Waals surface area contributed by atoms with Crippen LogP contribution in [0.4, 0.5) is 17.6 Å². The SMILES string of the molecule is C=C(c1cc2c(c(-c3ccc(F)cc3)n1)OCC2(C)C(N)=O)C(F)(F)F. The maximum absolute atomic E-state index is 13.2. The molecule has 1 aliphatic heterocycles. The van der Waals surface area contributed by atoms with Gasteiger partial charge in [0.15, 0.2) is 0 Å². The molecule has 1 aromatic heterocycles. The average molecular weight is 366 g/mol. The molecule has 1 aromatic carbocycles. The minimum absolute atomic E-state index is 0.0628. The second kappa shape index (κ2) is 5.82. The van der Waals surface area contributed by atoms with E-state index in [0.29, 0.717) is 5.56 Å². The van der Waals surface area contributed by atoms with Gasteiger partial charge in [0.1, 0.15) is 29.3 Å². The van der Waals surface area contributed by atoms with E-state index in [1.165, 1.54) is 19.1 Å². The molecule has 8 heteroatoms. The third kappa shape index (κ3) is 2.81. The van der Waals surface area contributed by atoms with Gasteiger partial charge < -0.3 is 10.5 Å². The van der Waals surface area contributed by atoms with Gasteiger partial charge in [-0.25, -0.2) is 9.37 Å². The molecular weight excluding hydrogens is 352 g/mol. The van der Waals surface area contributed by atoms with Crippen molar-refractivity contribution in [3.8, 4) is 17.0 Å². The normalized spacial score (nSPS) is 19.0. The molecule has 0 radical (unpaired) electrons. The summed E-state index contributed by atoms with van der Waals surface area (Å²) < 4.78 is 58.1. The van der Waals surface area contributed by atoms with E-state index in [4.69, 9.17) is 10.5 Å². The summed E-state index contributed by atoms with van der Waals surface area (Å²) in [7, 11) is 0. The number of benzene rings is 1. The fraction of sp³-hybridized carbons (Fsp3) is 0.222. The Morgan fingerprint density at radius 1 is 1.31 bits per heavy atom. The number of carbonyl (C=O) groups excluding carboxylic acids is 1. The van der Waals surface area contributed by atoms with Crippen LogP contribution in [0.2, 0.25) is 0 Å². The lowest BCUT2D eigenvalue weighted by molar-refractivity contribution is -0.123. The van der Waals surface area contributed by atoms with Gasteiger partial charge in [-0.2, -0.15) is 13.2 Å². The van der Waals surface area contributed by atoms with Crippen molar-refractivity contribution in [1.29, 1.82) is 0 Å². The fourth-order valence-corrected chi connectivity index (χ4v) is 2.69. The molecule has 0 aliphatic carbocycles. The summed E-state index contributed by atoms with van der Waals surface area (Å²) in [5.41, 5.74) is 3.11. The Morgan fingerprint density at radius 3 is 2.46 bits per heavy atom. The largest absolute Gasteiger partial charge is 0.489 e. The number of hydrogen-bond acceptors (Lipinski definition) is 3. The number of alkyl halides is 3. The summed E-state index contributed by atoms with van der Waals surface area (Å²) in [6, 6.07) is 6.15. The molecular formula is C18H14F4N2O2. The van der Waals surface area contributed by atoms with E-state index in [2.05, 4.69) is 11.6 Å². The van der Waals surface area contributed by atoms with Crippen molar-refractivity contribution < 1.29 is 27.1 Å². The molecule has 2 N–H and O–H groups in total. The zero-order chi connectivity index (χ0) is 19.3. The first-order valence-electron chi connectivity index (χ1n) is 7.54. The molecule has 2 aromatic rings. The highest BCUT2D eigenvalue weighted by Crippen LogP contribution is 2.46. The lowest BCUT2D eigenvalue weighted by atomic mass is 9.83. The molecule has 136 valence electrons. The number of aromatic nitrogens is 1. The predicted octanol–water partition coefficient (Wildman–Crippen LogP) is 3.60. The molecule has 2 heterocycles. The Hall–Kier alpha value is -2.90. The van der Waals surface area contributed by atoms with Gasteiger partial charge in [0.05, 0.1) is 11.3 Å². The van der Waals surface area contributed by atoms with E-state index in [9.17, 15) is 22.4 Å². The van der Waals surface area contributed by atoms with Gasteiger partial charge in [0.2, 0.25) is 5.91 Å². The van der Waals surface area contributed by atoms with Crippen molar-refractivity contribution in [2.75, 3.05) is 6.61 Å². The van der Waals surface area contributed by atoms with Gasteiger partial charge in [-0.1, -0.05) is 6.58 Å². The van der Waals surface area contributed by atoms with Gasteiger partial charge in [-0.15, -0.1) is 0 Å². The molecule has 0 saturated heterocycles. The molecule has 1 aliphatic rings. The van der Waals surface area contributed by atoms with E-state index in [1.54, 1.807) is 0 Å². The summed E-state index contributed by atoms with van der Waals surface area (Å²) in [6.07, 6.45) is -4.70. The highest BCUT2D eigenvalue weighted by molar-refractivity contribution is 5.90. The van der Waals surface area contributed by atoms with Gasteiger partial charge in [-0.05, 0) is 37.3 Å². The number of primary amides is 1. The number of pyridine rings is 1. The zero-order valence-electron chi connectivity index (χ0n) is 13.7. The number of amides is 1. The van der Waals surface area contributed by atoms with E-state index in [0.717, 1.165) is 18.2 Å². The van der Waals surface area contributed by atoms with Gasteiger partial charge >= 0.3 is 6.18 Å². The summed E-state index contributed by atoms with van der Waals surface area (Å²) in [4.78, 5) is 15.9. The Kier molecular flexibility index (Phi) is 4.01. The number of ether oxygens (including phenoxy) is 1. The molecule has 3 rings (SSSR count). The van der Waals surface area contributed by atoms with Gasteiger partial charge in [-0.3, -0.25) is 4.79 Å². The lowest BCUT2D eigenvalue weighted by Crippen LogP contribution is -2.39. The summed E-state index contributed by atoms with van der Waals surface area (Å²) >= 11 is 0. The quantitative estimate of drug-likeness (QED) is 0.845. The van der Waals surface area contributed by atoms with E-state index in [-0.39, 0.29) is 23.6 Å². The maximum Gasteiger partial charge on any atom is 0.417 e. The van der Waals surface area contributed by atoms with Crippen molar-refractivity contribution in [2.24, 2.45) is 5.73 Å². The standard InChI is InChI=1S/C18H14F4N2O2/c1-9(18(20,21)22)13-7-12-15(26-8-17(12,2)16(23)25)14(24-13)10-3-5-11(19)6-4-10/h3-7H,1,8H2,2H3,(H2,23,25). The zero-order valence-corrected chi connectivity index (χ0v) is 13.7. The minimum Gasteiger partial charge on any atom is -0.489 e. The van der Waals surface area contributed by atoms with E-state index in [1.807, 2.05) is 0 Å². The van der Waals surface area contributed by atoms with Crippen LogP contribution in [0.15, 0.2) is 36.9 Å². The molecule has 26 heavy (non-hydrogen) atoms. The van der Waals surface area contributed by atoms with Crippen LogP contribution in [0.5, 0.6) is 5.75 Å². The molecule has 0 saturated carbocycles. The van der Waals surface area contributed by atoms with Crippen LogP contribution in [0.25, 0.3) is 16.8 Å². The van der Waals surface area contributed by atoms with Crippen molar-refractivity contribution in [1.82, 2.24) is 4.98 Å². The Balaban J connectivity index is 2.28. The molecule has 1 amide bonds. The molecule has 0 bridgehead atoms. The second-order valence-electron chi connectivity index (χ2n) is 6.20. The highest BCUT2D eigenvalue weighted by atomic mass is 19.4. The minimum atomic E-state index is -4.70. The smallest absolute Gasteiger partial charge is 0.417 e. The Bertz CT molecular complexity index is 907. The van der Waals surface area contributed by atoms with Crippen LogP contribution in [0, 0.1) is 5.82 Å². The van der Waals surface area contributed by atoms with Crippen LogP contribution in [0.1, 0.15) is 18.2 Å². The first kappa shape index (κ1) is 17.9. The molecule has 1 atom stereocenters. The first-order valence-corrected chi connectivity index (χ1v) is 7.54. The van der Waals surface area contributed by atoms with Crippen LogP contribution >= 0.6 is 0 Å². The molecule has 4 nitrogen and oxygen atoms in total. The molecule has 0 spiro atoms. The van der Waals surface area contributed by atoms with Crippen molar-refractivity contribution in [2.45, 2.75) is 18.5 Å². The Morgan fingerprint density at radius 2 is 1.92 bits per heavy atom. The number of allylic oxidation sites excluding steroid dienone is 1. The van der Waals surface area contributed by atoms with Crippen molar-refractivity contribution >= 4 is 11.5 Å². The first-order chi connectivity index (χ1) is 12.0. The number of halogens is 4. The highest BCUT2D eigenvalue weighted by Gasteiger charge is 2.45. The summed E-state index contributed by atoms with van der Waals surface area (Å²) in [5, 5.41) is 0. The average Bonchev–Trinajstić information content (AvgIpc) is 2.92. The topological polar surface area (TPSA) is 65.2 Å². The van der Waals surface area contributed by atoms with Crippen LogP contribution in [-0.2, 0) is 10.2 Å². The summed E-state index contributed by atoms with van der Waals surface area (Å²) in [5.74, 6) is -1.10. The van der Waals surface area contributed by atoms with Crippen LogP contribution < -0.4 is 10.5 Å². The van der Waals surface area contributed by atoms with Crippen molar-refractivity contribution in [3.63, 3.8) is 0 Å². The molecule has 0 fully saturated rings. The van der Waals surface area contributed by atoms with E-state index < -0.39 is 34.6 Å². The third-order valence-corrected chi connectivity index (χ3v) is 4.39. The van der Waals surface area contributed by atoms with Crippen LogP contribution in [-0.4, -0.2) is 23.7 Å². The monoisotopic (exact) mass is 366 g/mol. The number of nitrogens with zero attached hydrogens (tertiary/aromatic N) is 1. The fourth-order valence-electron chi connectivity index (χ4n) is 2.69. The summed E-state index contributed by atoms with van der Waals surface area (Å²) in [6.45, 7) is 4.41. The van der Waals surface area contributed by atoms with Crippen LogP contribution in [0.3, 0.4) is 0 Å². The lowest BCUT2D eigenvalue weighted by Gasteiger charge is -2.19. The number of fused-ring (bicyclic) bond motifs is 1. The number of hydrogen-bond donors (Lipinski definition) is 1. The maximum atomic E-state index is 13.2. The molecule has 1 unspecified atom stereocenters. The number of rotatable bonds is 3. The number of nitrogens with two attached hydrogens (primary N) is 1. The second-order valence-corrected chi connectivity index (χ2v) is 6.20. The Labute approximate surface area is 146 Å². The van der Waals surface area contributed by atoms with Gasteiger partial charge in [0, 0.05) is 11.1 Å². The predicted molar refractivity (Wildman–Crippen MR) is 86.8 cm³/mol.